The second kappa shape index (κ2) is 12.2. The number of benzene rings is 3. The van der Waals surface area contributed by atoms with Crippen molar-refractivity contribution in [3.63, 3.8) is 0 Å². The van der Waals surface area contributed by atoms with Crippen LogP contribution in [-0.2, 0) is 15.9 Å². The molecule has 1 saturated carbocycles. The van der Waals surface area contributed by atoms with Gasteiger partial charge in [-0.05, 0) is 86.6 Å². The molecule has 0 aromatic heterocycles. The van der Waals surface area contributed by atoms with Crippen LogP contribution in [0.15, 0.2) is 78.9 Å². The number of nitrogens with one attached hydrogen (secondary N) is 2. The molecule has 210 valence electrons. The van der Waals surface area contributed by atoms with Gasteiger partial charge < -0.3 is 20.1 Å². The van der Waals surface area contributed by atoms with Crippen LogP contribution in [0, 0.1) is 5.92 Å². The quantitative estimate of drug-likeness (QED) is 0.285. The first kappa shape index (κ1) is 27.8. The number of carbonyl (C=O) groups is 2. The predicted octanol–water partition coefficient (Wildman–Crippen LogP) is 7.22. The van der Waals surface area contributed by atoms with Crippen molar-refractivity contribution in [3.05, 3.63) is 95.6 Å². The third kappa shape index (κ3) is 7.23. The lowest BCUT2D eigenvalue weighted by Gasteiger charge is -2.21. The zero-order chi connectivity index (χ0) is 28.1. The predicted molar refractivity (Wildman–Crippen MR) is 157 cm³/mol. The average Bonchev–Trinajstić information content (AvgIpc) is 3.55. The van der Waals surface area contributed by atoms with Crippen LogP contribution in [0.5, 0.6) is 0 Å². The molecule has 0 spiro atoms. The zero-order valence-electron chi connectivity index (χ0n) is 23.7. The van der Waals surface area contributed by atoms with E-state index in [1.54, 1.807) is 0 Å². The van der Waals surface area contributed by atoms with E-state index < -0.39 is 5.60 Å². The van der Waals surface area contributed by atoms with Crippen LogP contribution in [0.4, 0.5) is 9.59 Å². The van der Waals surface area contributed by atoms with Crippen molar-refractivity contribution in [2.75, 3.05) is 6.61 Å². The Labute approximate surface area is 237 Å². The molecule has 6 nitrogen and oxygen atoms in total. The second-order valence-corrected chi connectivity index (χ2v) is 12.0. The van der Waals surface area contributed by atoms with Gasteiger partial charge in [-0.3, -0.25) is 0 Å². The van der Waals surface area contributed by atoms with Crippen LogP contribution in [0.2, 0.25) is 0 Å². The van der Waals surface area contributed by atoms with Gasteiger partial charge in [0.1, 0.15) is 12.2 Å². The van der Waals surface area contributed by atoms with Gasteiger partial charge in [-0.25, -0.2) is 9.59 Å². The Kier molecular flexibility index (Phi) is 8.43. The SMILES string of the molecule is CC(C)(C)OC(=O)N[C@H]1C[C@H]1C[C@@H](CCCc1ccccc1)NC(=O)OCC1c2ccccc2-c2ccccc21. The van der Waals surface area contributed by atoms with E-state index in [-0.39, 0.29) is 30.2 Å². The van der Waals surface area contributed by atoms with Crippen LogP contribution >= 0.6 is 0 Å². The summed E-state index contributed by atoms with van der Waals surface area (Å²) < 4.78 is 11.3. The number of hydrogen-bond donors (Lipinski definition) is 2. The second-order valence-electron chi connectivity index (χ2n) is 12.0. The molecule has 0 saturated heterocycles. The first-order chi connectivity index (χ1) is 19.3. The zero-order valence-corrected chi connectivity index (χ0v) is 23.7. The molecule has 6 heteroatoms. The van der Waals surface area contributed by atoms with Crippen LogP contribution in [0.3, 0.4) is 0 Å². The summed E-state index contributed by atoms with van der Waals surface area (Å²) in [5.41, 5.74) is 5.58. The number of rotatable bonds is 10. The fourth-order valence-electron chi connectivity index (χ4n) is 5.76. The highest BCUT2D eigenvalue weighted by Gasteiger charge is 2.41. The molecule has 2 N–H and O–H groups in total. The van der Waals surface area contributed by atoms with Gasteiger partial charge >= 0.3 is 12.2 Å². The van der Waals surface area contributed by atoms with Crippen LogP contribution < -0.4 is 10.6 Å². The Morgan fingerprint density at radius 3 is 2.15 bits per heavy atom. The van der Waals surface area contributed by atoms with Gasteiger partial charge in [0.05, 0.1) is 0 Å². The molecule has 3 atom stereocenters. The monoisotopic (exact) mass is 540 g/mol. The van der Waals surface area contributed by atoms with Gasteiger partial charge in [0.25, 0.3) is 0 Å². The Morgan fingerprint density at radius 2 is 1.50 bits per heavy atom. The van der Waals surface area contributed by atoms with Crippen molar-refractivity contribution in [1.82, 2.24) is 10.6 Å². The highest BCUT2D eigenvalue weighted by molar-refractivity contribution is 5.79. The van der Waals surface area contributed by atoms with E-state index in [1.165, 1.54) is 27.8 Å². The van der Waals surface area contributed by atoms with E-state index in [4.69, 9.17) is 9.47 Å². The summed E-state index contributed by atoms with van der Waals surface area (Å²) in [6.45, 7) is 5.87. The summed E-state index contributed by atoms with van der Waals surface area (Å²) in [7, 11) is 0. The van der Waals surface area contributed by atoms with Gasteiger partial charge in [0.2, 0.25) is 0 Å². The molecular weight excluding hydrogens is 500 g/mol. The Balaban J connectivity index is 1.17. The molecule has 3 aromatic carbocycles. The number of alkyl carbamates (subject to hydrolysis) is 2. The standard InChI is InChI=1S/C34H40N2O4/c1-34(2,3)40-33(38)36-31-21-24(31)20-25(15-11-14-23-12-5-4-6-13-23)35-32(37)39-22-30-28-18-9-7-16-26(28)27-17-8-10-19-29(27)30/h4-10,12-13,16-19,24-25,30-31H,11,14-15,20-22H2,1-3H3,(H,35,37)(H,36,38)/t24-,25-,31+/m1/s1. The number of aryl methyl sites for hydroxylation is 1. The lowest BCUT2D eigenvalue weighted by molar-refractivity contribution is 0.0520. The molecule has 2 aliphatic carbocycles. The van der Waals surface area contributed by atoms with Crippen molar-refractivity contribution in [3.8, 4) is 11.1 Å². The van der Waals surface area contributed by atoms with Crippen LogP contribution in [0.25, 0.3) is 11.1 Å². The molecule has 5 rings (SSSR count). The molecule has 40 heavy (non-hydrogen) atoms. The first-order valence-corrected chi connectivity index (χ1v) is 14.4. The van der Waals surface area contributed by atoms with Crippen molar-refractivity contribution >= 4 is 12.2 Å². The summed E-state index contributed by atoms with van der Waals surface area (Å²) in [6, 6.07) is 27.1. The fraction of sp³-hybridized carbons (Fsp3) is 0.412. The molecule has 0 aliphatic heterocycles. The van der Waals surface area contributed by atoms with E-state index in [9.17, 15) is 9.59 Å². The molecule has 0 radical (unpaired) electrons. The smallest absolute Gasteiger partial charge is 0.407 e. The first-order valence-electron chi connectivity index (χ1n) is 14.4. The van der Waals surface area contributed by atoms with E-state index in [0.29, 0.717) is 12.5 Å². The third-order valence-electron chi connectivity index (χ3n) is 7.74. The number of hydrogen-bond acceptors (Lipinski definition) is 4. The molecule has 2 aliphatic rings. The van der Waals surface area contributed by atoms with Gasteiger partial charge in [-0.2, -0.15) is 0 Å². The minimum absolute atomic E-state index is 0.0283. The van der Waals surface area contributed by atoms with Crippen LogP contribution in [0.1, 0.15) is 69.1 Å². The highest BCUT2D eigenvalue weighted by Crippen LogP contribution is 2.44. The maximum atomic E-state index is 13.1. The number of amides is 2. The molecule has 1 fully saturated rings. The topological polar surface area (TPSA) is 76.7 Å². The molecule has 2 amide bonds. The Hall–Kier alpha value is -3.80. The third-order valence-corrected chi connectivity index (χ3v) is 7.74. The van der Waals surface area contributed by atoms with Gasteiger partial charge in [-0.1, -0.05) is 78.9 Å². The molecule has 3 aromatic rings. The largest absolute Gasteiger partial charge is 0.449 e. The molecule has 0 bridgehead atoms. The van der Waals surface area contributed by atoms with E-state index in [2.05, 4.69) is 71.3 Å². The molecular formula is C34H40N2O4. The molecule has 0 unspecified atom stereocenters. The van der Waals surface area contributed by atoms with E-state index >= 15 is 0 Å². The molecule has 0 heterocycles. The van der Waals surface area contributed by atoms with Gasteiger partial charge in [-0.15, -0.1) is 0 Å². The number of ether oxygens (including phenoxy) is 2. The Bertz CT molecular complexity index is 1270. The lowest BCUT2D eigenvalue weighted by atomic mass is 9.98. The average molecular weight is 541 g/mol. The minimum atomic E-state index is -0.528. The normalized spacial score (nSPS) is 18.3. The maximum absolute atomic E-state index is 13.1. The van der Waals surface area contributed by atoms with Gasteiger partial charge in [0, 0.05) is 18.0 Å². The van der Waals surface area contributed by atoms with Crippen molar-refractivity contribution < 1.29 is 19.1 Å². The summed E-state index contributed by atoms with van der Waals surface area (Å²) in [5.74, 6) is 0.337. The maximum Gasteiger partial charge on any atom is 0.407 e. The summed E-state index contributed by atoms with van der Waals surface area (Å²) in [4.78, 5) is 25.3. The van der Waals surface area contributed by atoms with Gasteiger partial charge in [0.15, 0.2) is 0 Å². The lowest BCUT2D eigenvalue weighted by Crippen LogP contribution is -2.38. The fourth-order valence-corrected chi connectivity index (χ4v) is 5.76. The number of carbonyl (C=O) groups excluding carboxylic acids is 2. The van der Waals surface area contributed by atoms with Crippen molar-refractivity contribution in [1.29, 1.82) is 0 Å². The summed E-state index contributed by atoms with van der Waals surface area (Å²) in [6.07, 6.45) is 3.66. The van der Waals surface area contributed by atoms with E-state index in [0.717, 1.165) is 32.1 Å². The van der Waals surface area contributed by atoms with E-state index in [1.807, 2.05) is 39.0 Å². The Morgan fingerprint density at radius 1 is 0.875 bits per heavy atom. The highest BCUT2D eigenvalue weighted by atomic mass is 16.6. The van der Waals surface area contributed by atoms with Crippen molar-refractivity contribution in [2.45, 2.75) is 76.5 Å². The summed E-state index contributed by atoms with van der Waals surface area (Å²) >= 11 is 0. The van der Waals surface area contributed by atoms with Crippen molar-refractivity contribution in [2.24, 2.45) is 5.92 Å². The summed E-state index contributed by atoms with van der Waals surface area (Å²) in [5, 5.41) is 6.13. The number of fused-ring (bicyclic) bond motifs is 3. The minimum Gasteiger partial charge on any atom is -0.449 e. The van der Waals surface area contributed by atoms with Crippen LogP contribution in [-0.4, -0.2) is 36.5 Å².